The molecule has 1 N–H and O–H groups in total. The van der Waals surface area contributed by atoms with Crippen LogP contribution in [0, 0.1) is 0 Å². The van der Waals surface area contributed by atoms with Gasteiger partial charge in [-0.3, -0.25) is 4.79 Å². The summed E-state index contributed by atoms with van der Waals surface area (Å²) in [7, 11) is 0. The molecule has 9 heteroatoms. The molecule has 1 aromatic heterocycles. The lowest BCUT2D eigenvalue weighted by Crippen LogP contribution is -2.38. The lowest BCUT2D eigenvalue weighted by molar-refractivity contribution is -0.129. The second-order valence-electron chi connectivity index (χ2n) is 6.68. The van der Waals surface area contributed by atoms with Crippen LogP contribution in [0.4, 0.5) is 0 Å². The Morgan fingerprint density at radius 3 is 2.70 bits per heavy atom. The first-order valence-corrected chi connectivity index (χ1v) is 10.7. The molecule has 1 aliphatic heterocycles. The van der Waals surface area contributed by atoms with Gasteiger partial charge in [0.25, 0.3) is 0 Å². The van der Waals surface area contributed by atoms with E-state index in [1.54, 1.807) is 29.2 Å². The summed E-state index contributed by atoms with van der Waals surface area (Å²) >= 11 is 13.7. The Balaban J connectivity index is 1.70. The molecule has 6 nitrogen and oxygen atoms in total. The summed E-state index contributed by atoms with van der Waals surface area (Å²) in [4.78, 5) is 18.2. The summed E-state index contributed by atoms with van der Waals surface area (Å²) in [5.74, 6) is 0.739. The van der Waals surface area contributed by atoms with Gasteiger partial charge in [0.15, 0.2) is 0 Å². The second-order valence-corrected chi connectivity index (χ2v) is 8.51. The zero-order valence-corrected chi connectivity index (χ0v) is 17.2. The summed E-state index contributed by atoms with van der Waals surface area (Å²) in [6.45, 7) is 1.83. The molecule has 0 saturated carbocycles. The summed E-state index contributed by atoms with van der Waals surface area (Å²) in [5.41, 5.74) is -0.746. The predicted molar refractivity (Wildman–Crippen MR) is 108 cm³/mol. The molecule has 1 fully saturated rings. The lowest BCUT2D eigenvalue weighted by atomic mass is 9.95. The number of rotatable bonds is 7. The average molecular weight is 429 g/mol. The van der Waals surface area contributed by atoms with Crippen molar-refractivity contribution in [2.75, 3.05) is 24.6 Å². The van der Waals surface area contributed by atoms with Crippen LogP contribution in [0.25, 0.3) is 0 Å². The average Bonchev–Trinajstić information content (AvgIpc) is 3.15. The minimum Gasteiger partial charge on any atom is -0.382 e. The van der Waals surface area contributed by atoms with Gasteiger partial charge in [0, 0.05) is 34.5 Å². The van der Waals surface area contributed by atoms with Gasteiger partial charge in [-0.05, 0) is 31.4 Å². The summed E-state index contributed by atoms with van der Waals surface area (Å²) in [6, 6.07) is 5.02. The number of aromatic nitrogens is 3. The fraction of sp³-hybridized carbons (Fsp3) is 0.500. The quantitative estimate of drug-likeness (QED) is 0.732. The molecule has 1 atom stereocenters. The third-order valence-corrected chi connectivity index (χ3v) is 6.28. The van der Waals surface area contributed by atoms with Crippen LogP contribution in [-0.4, -0.2) is 55.3 Å². The van der Waals surface area contributed by atoms with E-state index in [2.05, 4.69) is 10.1 Å². The Morgan fingerprint density at radius 1 is 1.26 bits per heavy atom. The third-order valence-electron chi connectivity index (χ3n) is 4.60. The van der Waals surface area contributed by atoms with Crippen molar-refractivity contribution < 1.29 is 9.90 Å². The number of aliphatic hydroxyl groups is 1. The van der Waals surface area contributed by atoms with Crippen LogP contribution in [-0.2, 0) is 16.9 Å². The number of likely N-dealkylation sites (tertiary alicyclic amines) is 1. The second kappa shape index (κ2) is 9.28. The van der Waals surface area contributed by atoms with Gasteiger partial charge in [-0.2, -0.15) is 5.10 Å². The first-order valence-electron chi connectivity index (χ1n) is 8.84. The van der Waals surface area contributed by atoms with Crippen molar-refractivity contribution in [1.82, 2.24) is 19.7 Å². The predicted octanol–water partition coefficient (Wildman–Crippen LogP) is 3.22. The Labute approximate surface area is 172 Å². The van der Waals surface area contributed by atoms with Crippen LogP contribution in [0.2, 0.25) is 10.0 Å². The van der Waals surface area contributed by atoms with Crippen LogP contribution in [0.3, 0.4) is 0 Å². The number of halogens is 2. The fourth-order valence-electron chi connectivity index (χ4n) is 3.20. The van der Waals surface area contributed by atoms with Crippen molar-refractivity contribution in [3.05, 3.63) is 46.5 Å². The van der Waals surface area contributed by atoms with Gasteiger partial charge in [-0.1, -0.05) is 29.3 Å². The minimum absolute atomic E-state index is 0.116. The van der Waals surface area contributed by atoms with Crippen molar-refractivity contribution >= 4 is 40.9 Å². The maximum absolute atomic E-state index is 12.4. The molecule has 2 heterocycles. The number of nitrogens with zero attached hydrogens (tertiary/aromatic N) is 4. The number of amides is 1. The van der Waals surface area contributed by atoms with Crippen LogP contribution in [0.1, 0.15) is 24.8 Å². The maximum Gasteiger partial charge on any atom is 0.232 e. The van der Waals surface area contributed by atoms with Crippen molar-refractivity contribution in [1.29, 1.82) is 0 Å². The highest BCUT2D eigenvalue weighted by molar-refractivity contribution is 8.00. The smallest absolute Gasteiger partial charge is 0.232 e. The van der Waals surface area contributed by atoms with Crippen molar-refractivity contribution in [3.8, 4) is 0 Å². The van der Waals surface area contributed by atoms with E-state index in [-0.39, 0.29) is 12.5 Å². The van der Waals surface area contributed by atoms with Gasteiger partial charge in [0.1, 0.15) is 18.3 Å². The number of benzene rings is 1. The molecule has 1 aromatic carbocycles. The van der Waals surface area contributed by atoms with E-state index in [0.29, 0.717) is 27.1 Å². The number of thioether (sulfide) groups is 1. The number of hydrogen-bond acceptors (Lipinski definition) is 5. The molecule has 1 aliphatic rings. The number of piperidine rings is 1. The molecule has 146 valence electrons. The Morgan fingerprint density at radius 2 is 2.04 bits per heavy atom. The van der Waals surface area contributed by atoms with Gasteiger partial charge in [-0.15, -0.1) is 11.8 Å². The molecular formula is C18H22Cl2N4O2S. The van der Waals surface area contributed by atoms with Gasteiger partial charge >= 0.3 is 0 Å². The zero-order valence-electron chi connectivity index (χ0n) is 14.9. The van der Waals surface area contributed by atoms with E-state index >= 15 is 0 Å². The van der Waals surface area contributed by atoms with Crippen LogP contribution in [0.5, 0.6) is 0 Å². The fourth-order valence-corrected chi connectivity index (χ4v) is 4.83. The number of hydrogen-bond donors (Lipinski definition) is 1. The highest BCUT2D eigenvalue weighted by Crippen LogP contribution is 2.34. The normalized spacial score (nSPS) is 16.9. The van der Waals surface area contributed by atoms with Gasteiger partial charge < -0.3 is 10.0 Å². The molecule has 0 aliphatic carbocycles. The van der Waals surface area contributed by atoms with Crippen LogP contribution >= 0.6 is 35.0 Å². The first kappa shape index (κ1) is 20.5. The lowest BCUT2D eigenvalue weighted by Gasteiger charge is -2.30. The molecule has 1 unspecified atom stereocenters. The number of carbonyl (C=O) groups is 1. The highest BCUT2D eigenvalue weighted by Gasteiger charge is 2.33. The monoisotopic (exact) mass is 428 g/mol. The van der Waals surface area contributed by atoms with Gasteiger partial charge in [0.2, 0.25) is 5.91 Å². The standard InChI is InChI=1S/C18H22Cl2N4O2S/c19-14-4-5-15(16(20)8-14)18(26,10-24-13-21-12-22-24)11-27-9-17(25)23-6-2-1-3-7-23/h4-5,8,12-13,26H,1-3,6-7,9-11H2. The van der Waals surface area contributed by atoms with Crippen LogP contribution in [0.15, 0.2) is 30.9 Å². The molecule has 27 heavy (non-hydrogen) atoms. The van der Waals surface area contributed by atoms with E-state index < -0.39 is 5.60 Å². The summed E-state index contributed by atoms with van der Waals surface area (Å²) < 4.78 is 1.55. The minimum atomic E-state index is -1.30. The Hall–Kier alpha value is -1.28. The molecule has 0 bridgehead atoms. The maximum atomic E-state index is 12.4. The van der Waals surface area contributed by atoms with Crippen molar-refractivity contribution in [3.63, 3.8) is 0 Å². The van der Waals surface area contributed by atoms with Crippen molar-refractivity contribution in [2.24, 2.45) is 0 Å². The topological polar surface area (TPSA) is 71.2 Å². The Kier molecular flexibility index (Phi) is 7.03. The molecule has 1 amide bonds. The SMILES string of the molecule is O=C(CSCC(O)(Cn1cncn1)c1ccc(Cl)cc1Cl)N1CCCCC1. The molecule has 0 spiro atoms. The van der Waals surface area contributed by atoms with E-state index in [0.717, 1.165) is 25.9 Å². The van der Waals surface area contributed by atoms with Crippen molar-refractivity contribution in [2.45, 2.75) is 31.4 Å². The zero-order chi connectivity index (χ0) is 19.3. The third kappa shape index (κ3) is 5.38. The molecule has 1 saturated heterocycles. The summed E-state index contributed by atoms with van der Waals surface area (Å²) in [6.07, 6.45) is 6.26. The van der Waals surface area contributed by atoms with E-state index in [1.165, 1.54) is 24.5 Å². The van der Waals surface area contributed by atoms with E-state index in [1.807, 2.05) is 4.90 Å². The van der Waals surface area contributed by atoms with Gasteiger partial charge in [0.05, 0.1) is 12.3 Å². The largest absolute Gasteiger partial charge is 0.382 e. The molecule has 2 aromatic rings. The van der Waals surface area contributed by atoms with E-state index in [9.17, 15) is 9.90 Å². The molecule has 0 radical (unpaired) electrons. The molecular weight excluding hydrogens is 407 g/mol. The number of carbonyl (C=O) groups excluding carboxylic acids is 1. The Bertz CT molecular complexity index is 769. The summed E-state index contributed by atoms with van der Waals surface area (Å²) in [5, 5.41) is 16.4. The first-order chi connectivity index (χ1) is 13.0. The van der Waals surface area contributed by atoms with Gasteiger partial charge in [-0.25, -0.2) is 9.67 Å². The highest BCUT2D eigenvalue weighted by atomic mass is 35.5. The molecule has 3 rings (SSSR count). The van der Waals surface area contributed by atoms with E-state index in [4.69, 9.17) is 23.2 Å². The van der Waals surface area contributed by atoms with Crippen LogP contribution < -0.4 is 0 Å².